The van der Waals surface area contributed by atoms with Crippen LogP contribution in [0.4, 0.5) is 8.78 Å². The predicted molar refractivity (Wildman–Crippen MR) is 69.6 cm³/mol. The van der Waals surface area contributed by atoms with Crippen LogP contribution in [-0.4, -0.2) is 43.5 Å². The molecule has 0 heterocycles. The Morgan fingerprint density at radius 1 is 1.29 bits per heavy atom. The lowest BCUT2D eigenvalue weighted by Gasteiger charge is -2.14. The van der Waals surface area contributed by atoms with Crippen LogP contribution >= 0.6 is 0 Å². The molecule has 1 aromatic carbocycles. The SMILES string of the molecule is CS(=O)(=O)CCC(NC(=O)c1ccc(F)c(F)c1)C(=O)O. The van der Waals surface area contributed by atoms with Gasteiger partial charge in [0.25, 0.3) is 5.91 Å². The molecule has 0 fully saturated rings. The summed E-state index contributed by atoms with van der Waals surface area (Å²) in [4.78, 5) is 22.7. The fourth-order valence-corrected chi connectivity index (χ4v) is 2.13. The minimum absolute atomic E-state index is 0.264. The molecule has 0 saturated carbocycles. The van der Waals surface area contributed by atoms with Gasteiger partial charge in [-0.2, -0.15) is 0 Å². The molecular formula is C12H13F2NO5S. The Labute approximate surface area is 119 Å². The van der Waals surface area contributed by atoms with Crippen molar-refractivity contribution in [2.75, 3.05) is 12.0 Å². The molecule has 0 saturated heterocycles. The van der Waals surface area contributed by atoms with E-state index in [9.17, 15) is 26.8 Å². The van der Waals surface area contributed by atoms with Gasteiger partial charge in [-0.05, 0) is 24.6 Å². The van der Waals surface area contributed by atoms with Gasteiger partial charge < -0.3 is 10.4 Å². The molecule has 0 aliphatic carbocycles. The molecule has 0 radical (unpaired) electrons. The number of carboxylic acid groups (broad SMARTS) is 1. The number of carbonyl (C=O) groups excluding carboxylic acids is 1. The molecule has 0 bridgehead atoms. The zero-order valence-electron chi connectivity index (χ0n) is 11.0. The highest BCUT2D eigenvalue weighted by atomic mass is 32.2. The van der Waals surface area contributed by atoms with Crippen LogP contribution in [0.1, 0.15) is 16.8 Å². The van der Waals surface area contributed by atoms with Gasteiger partial charge in [0.05, 0.1) is 5.75 Å². The van der Waals surface area contributed by atoms with E-state index >= 15 is 0 Å². The topological polar surface area (TPSA) is 101 Å². The van der Waals surface area contributed by atoms with Gasteiger partial charge in [-0.1, -0.05) is 0 Å². The Hall–Kier alpha value is -2.03. The van der Waals surface area contributed by atoms with Crippen LogP contribution in [0.2, 0.25) is 0 Å². The summed E-state index contributed by atoms with van der Waals surface area (Å²) in [5, 5.41) is 11.0. The number of sulfone groups is 1. The lowest BCUT2D eigenvalue weighted by atomic mass is 10.1. The van der Waals surface area contributed by atoms with Gasteiger partial charge in [0.15, 0.2) is 11.6 Å². The van der Waals surface area contributed by atoms with E-state index in [2.05, 4.69) is 5.32 Å². The number of hydrogen-bond donors (Lipinski definition) is 2. The quantitative estimate of drug-likeness (QED) is 0.798. The molecule has 1 atom stereocenters. The summed E-state index contributed by atoms with van der Waals surface area (Å²) in [6.07, 6.45) is 0.604. The highest BCUT2D eigenvalue weighted by Gasteiger charge is 2.22. The zero-order valence-corrected chi connectivity index (χ0v) is 11.8. The van der Waals surface area contributed by atoms with Crippen molar-refractivity contribution < 1.29 is 31.9 Å². The van der Waals surface area contributed by atoms with Crippen LogP contribution in [-0.2, 0) is 14.6 Å². The fraction of sp³-hybridized carbons (Fsp3) is 0.333. The molecule has 116 valence electrons. The van der Waals surface area contributed by atoms with Crippen molar-refractivity contribution in [1.29, 1.82) is 0 Å². The van der Waals surface area contributed by atoms with Crippen LogP contribution in [0.3, 0.4) is 0 Å². The monoisotopic (exact) mass is 321 g/mol. The lowest BCUT2D eigenvalue weighted by Crippen LogP contribution is -2.41. The van der Waals surface area contributed by atoms with Crippen LogP contribution in [0.15, 0.2) is 18.2 Å². The molecular weight excluding hydrogens is 308 g/mol. The third kappa shape index (κ3) is 5.46. The fourth-order valence-electron chi connectivity index (χ4n) is 1.47. The molecule has 0 aliphatic rings. The van der Waals surface area contributed by atoms with Crippen molar-refractivity contribution in [3.63, 3.8) is 0 Å². The van der Waals surface area contributed by atoms with Gasteiger partial charge in [-0.15, -0.1) is 0 Å². The molecule has 1 aromatic rings. The van der Waals surface area contributed by atoms with E-state index in [1.54, 1.807) is 0 Å². The van der Waals surface area contributed by atoms with Crippen molar-refractivity contribution in [1.82, 2.24) is 5.32 Å². The predicted octanol–water partition coefficient (Wildman–Crippen LogP) is 0.582. The van der Waals surface area contributed by atoms with E-state index in [4.69, 9.17) is 5.11 Å². The molecule has 0 aliphatic heterocycles. The Morgan fingerprint density at radius 2 is 1.90 bits per heavy atom. The van der Waals surface area contributed by atoms with Gasteiger partial charge in [0, 0.05) is 11.8 Å². The van der Waals surface area contributed by atoms with E-state index in [1.165, 1.54) is 0 Å². The normalized spacial score (nSPS) is 12.7. The Kier molecular flexibility index (Phi) is 5.36. The number of nitrogens with one attached hydrogen (secondary N) is 1. The van der Waals surface area contributed by atoms with Gasteiger partial charge in [0.1, 0.15) is 15.9 Å². The van der Waals surface area contributed by atoms with Crippen molar-refractivity contribution in [3.05, 3.63) is 35.4 Å². The molecule has 6 nitrogen and oxygen atoms in total. The molecule has 1 rings (SSSR count). The van der Waals surface area contributed by atoms with Gasteiger partial charge >= 0.3 is 5.97 Å². The van der Waals surface area contributed by atoms with Crippen molar-refractivity contribution >= 4 is 21.7 Å². The lowest BCUT2D eigenvalue weighted by molar-refractivity contribution is -0.139. The number of amides is 1. The maximum atomic E-state index is 13.0. The van der Waals surface area contributed by atoms with E-state index in [0.717, 1.165) is 18.4 Å². The average Bonchev–Trinajstić information content (AvgIpc) is 2.36. The number of carboxylic acids is 1. The third-order valence-corrected chi connectivity index (χ3v) is 3.54. The van der Waals surface area contributed by atoms with E-state index in [0.29, 0.717) is 6.07 Å². The first-order valence-corrected chi connectivity index (χ1v) is 7.82. The summed E-state index contributed by atoms with van der Waals surface area (Å²) in [6.45, 7) is 0. The number of hydrogen-bond acceptors (Lipinski definition) is 4. The second-order valence-electron chi connectivity index (χ2n) is 4.41. The van der Waals surface area contributed by atoms with Gasteiger partial charge in [-0.25, -0.2) is 22.0 Å². The Balaban J connectivity index is 2.81. The number of benzene rings is 1. The van der Waals surface area contributed by atoms with Crippen LogP contribution in [0.25, 0.3) is 0 Å². The van der Waals surface area contributed by atoms with Crippen molar-refractivity contribution in [2.45, 2.75) is 12.5 Å². The maximum Gasteiger partial charge on any atom is 0.326 e. The van der Waals surface area contributed by atoms with E-state index < -0.39 is 45.1 Å². The number of carbonyl (C=O) groups is 2. The molecule has 21 heavy (non-hydrogen) atoms. The summed E-state index contributed by atoms with van der Waals surface area (Å²) in [5.41, 5.74) is -0.264. The standard InChI is InChI=1S/C12H13F2NO5S/c1-21(19,20)5-4-10(12(17)18)15-11(16)7-2-3-8(13)9(14)6-7/h2-3,6,10H,4-5H2,1H3,(H,15,16)(H,17,18). The average molecular weight is 321 g/mol. The first-order chi connectivity index (χ1) is 9.60. The number of aliphatic carboxylic acids is 1. The highest BCUT2D eigenvalue weighted by Crippen LogP contribution is 2.09. The van der Waals surface area contributed by atoms with Crippen molar-refractivity contribution in [3.8, 4) is 0 Å². The summed E-state index contributed by atoms with van der Waals surface area (Å²) in [6, 6.07) is 0.903. The Morgan fingerprint density at radius 3 is 2.38 bits per heavy atom. The molecule has 0 aromatic heterocycles. The number of halogens is 2. The van der Waals surface area contributed by atoms with E-state index in [-0.39, 0.29) is 12.0 Å². The number of rotatable bonds is 6. The first-order valence-electron chi connectivity index (χ1n) is 5.76. The van der Waals surface area contributed by atoms with Crippen LogP contribution < -0.4 is 5.32 Å². The summed E-state index contributed by atoms with van der Waals surface area (Å²) in [5.74, 6) is -5.17. The van der Waals surface area contributed by atoms with Crippen molar-refractivity contribution in [2.24, 2.45) is 0 Å². The van der Waals surface area contributed by atoms with Crippen LogP contribution in [0.5, 0.6) is 0 Å². The largest absolute Gasteiger partial charge is 0.480 e. The van der Waals surface area contributed by atoms with Crippen LogP contribution in [0, 0.1) is 11.6 Å². The zero-order chi connectivity index (χ0) is 16.2. The third-order valence-electron chi connectivity index (χ3n) is 2.56. The molecule has 9 heteroatoms. The summed E-state index contributed by atoms with van der Waals surface area (Å²) in [7, 11) is -3.39. The minimum atomic E-state index is -3.39. The minimum Gasteiger partial charge on any atom is -0.480 e. The van der Waals surface area contributed by atoms with Gasteiger partial charge in [0.2, 0.25) is 0 Å². The smallest absolute Gasteiger partial charge is 0.326 e. The first kappa shape index (κ1) is 17.0. The molecule has 1 unspecified atom stereocenters. The summed E-state index contributed by atoms with van der Waals surface area (Å²) < 4.78 is 47.7. The van der Waals surface area contributed by atoms with E-state index in [1.807, 2.05) is 0 Å². The molecule has 0 spiro atoms. The Bertz CT molecular complexity index is 660. The maximum absolute atomic E-state index is 13.0. The molecule has 2 N–H and O–H groups in total. The van der Waals surface area contributed by atoms with Gasteiger partial charge in [-0.3, -0.25) is 4.79 Å². The summed E-state index contributed by atoms with van der Waals surface area (Å²) >= 11 is 0. The molecule has 1 amide bonds. The highest BCUT2D eigenvalue weighted by molar-refractivity contribution is 7.90. The second-order valence-corrected chi connectivity index (χ2v) is 6.67. The second kappa shape index (κ2) is 6.61.